The van der Waals surface area contributed by atoms with E-state index >= 15 is 0 Å². The zero-order valence-corrected chi connectivity index (χ0v) is 12.6. The molecule has 0 spiro atoms. The van der Waals surface area contributed by atoms with Crippen molar-refractivity contribution < 1.29 is 18.3 Å². The number of carboxylic acid groups (broad SMARTS) is 1. The summed E-state index contributed by atoms with van der Waals surface area (Å²) >= 11 is 5.92. The fourth-order valence-corrected chi connectivity index (χ4v) is 4.49. The van der Waals surface area contributed by atoms with E-state index in [4.69, 9.17) is 16.9 Å². The molecule has 21 heavy (non-hydrogen) atoms. The number of hydrogen-bond acceptors (Lipinski definition) is 4. The summed E-state index contributed by atoms with van der Waals surface area (Å²) < 4.78 is 26.3. The SMILES string of the molecule is N#Cc1ccc(Cl)c(S(=O)(=O)N2CCCCC2C(=O)O)c1. The second-order valence-corrected chi connectivity index (χ2v) is 6.99. The molecule has 0 aromatic heterocycles. The van der Waals surface area contributed by atoms with Crippen LogP contribution in [0.4, 0.5) is 0 Å². The van der Waals surface area contributed by atoms with Crippen LogP contribution in [0.15, 0.2) is 23.1 Å². The van der Waals surface area contributed by atoms with E-state index in [1.165, 1.54) is 18.2 Å². The molecule has 0 aliphatic carbocycles. The number of hydrogen-bond donors (Lipinski definition) is 1. The Kier molecular flexibility index (Phi) is 4.52. The first-order valence-corrected chi connectivity index (χ1v) is 8.14. The normalized spacial score (nSPS) is 19.9. The Balaban J connectivity index is 2.50. The predicted molar refractivity (Wildman–Crippen MR) is 75.3 cm³/mol. The molecule has 112 valence electrons. The van der Waals surface area contributed by atoms with Crippen LogP contribution in [0.5, 0.6) is 0 Å². The van der Waals surface area contributed by atoms with Gasteiger partial charge < -0.3 is 5.11 Å². The molecule has 2 rings (SSSR count). The van der Waals surface area contributed by atoms with Crippen LogP contribution in [0.1, 0.15) is 24.8 Å². The predicted octanol–water partition coefficient (Wildman–Crippen LogP) is 1.84. The number of nitriles is 1. The molecule has 1 atom stereocenters. The van der Waals surface area contributed by atoms with Crippen molar-refractivity contribution >= 4 is 27.6 Å². The van der Waals surface area contributed by atoms with Gasteiger partial charge in [0.1, 0.15) is 10.9 Å². The second-order valence-electron chi connectivity index (χ2n) is 4.72. The van der Waals surface area contributed by atoms with E-state index in [1.54, 1.807) is 0 Å². The molecule has 1 aliphatic rings. The highest BCUT2D eigenvalue weighted by Gasteiger charge is 2.38. The Hall–Kier alpha value is -1.62. The van der Waals surface area contributed by atoms with Crippen molar-refractivity contribution in [2.75, 3.05) is 6.54 Å². The largest absolute Gasteiger partial charge is 0.480 e. The van der Waals surface area contributed by atoms with E-state index in [0.29, 0.717) is 12.8 Å². The van der Waals surface area contributed by atoms with Gasteiger partial charge in [-0.3, -0.25) is 4.79 Å². The van der Waals surface area contributed by atoms with Gasteiger partial charge in [0.15, 0.2) is 0 Å². The average molecular weight is 329 g/mol. The zero-order valence-electron chi connectivity index (χ0n) is 11.0. The Morgan fingerprint density at radius 3 is 2.76 bits per heavy atom. The number of sulfonamides is 1. The third-order valence-electron chi connectivity index (χ3n) is 3.39. The first kappa shape index (κ1) is 15.8. The molecule has 1 aromatic carbocycles. The summed E-state index contributed by atoms with van der Waals surface area (Å²) in [6.07, 6.45) is 1.53. The van der Waals surface area contributed by atoms with E-state index in [2.05, 4.69) is 0 Å². The molecule has 1 aliphatic heterocycles. The van der Waals surface area contributed by atoms with E-state index in [-0.39, 0.29) is 28.4 Å². The van der Waals surface area contributed by atoms with Crippen LogP contribution >= 0.6 is 11.6 Å². The second kappa shape index (κ2) is 6.02. The molecule has 1 heterocycles. The highest BCUT2D eigenvalue weighted by atomic mass is 35.5. The smallest absolute Gasteiger partial charge is 0.322 e. The minimum Gasteiger partial charge on any atom is -0.480 e. The molecular formula is C13H13ClN2O4S. The quantitative estimate of drug-likeness (QED) is 0.912. The number of aliphatic carboxylic acids is 1. The van der Waals surface area contributed by atoms with Crippen molar-refractivity contribution in [1.82, 2.24) is 4.31 Å². The average Bonchev–Trinajstić information content (AvgIpc) is 2.47. The van der Waals surface area contributed by atoms with Crippen LogP contribution in [0.3, 0.4) is 0 Å². The molecule has 6 nitrogen and oxygen atoms in total. The van der Waals surface area contributed by atoms with Crippen molar-refractivity contribution in [2.45, 2.75) is 30.2 Å². The number of benzene rings is 1. The van der Waals surface area contributed by atoms with E-state index in [9.17, 15) is 18.3 Å². The monoisotopic (exact) mass is 328 g/mol. The van der Waals surface area contributed by atoms with Crippen molar-refractivity contribution in [1.29, 1.82) is 5.26 Å². The fourth-order valence-electron chi connectivity index (χ4n) is 2.34. The molecule has 0 radical (unpaired) electrons. The van der Waals surface area contributed by atoms with Crippen molar-refractivity contribution in [3.63, 3.8) is 0 Å². The van der Waals surface area contributed by atoms with Crippen LogP contribution in [0, 0.1) is 11.3 Å². The van der Waals surface area contributed by atoms with Crippen LogP contribution in [0.25, 0.3) is 0 Å². The summed E-state index contributed by atoms with van der Waals surface area (Å²) in [4.78, 5) is 11.0. The summed E-state index contributed by atoms with van der Waals surface area (Å²) in [7, 11) is -4.05. The summed E-state index contributed by atoms with van der Waals surface area (Å²) in [5.41, 5.74) is 0.154. The lowest BCUT2D eigenvalue weighted by Crippen LogP contribution is -2.47. The van der Waals surface area contributed by atoms with Crippen LogP contribution in [0.2, 0.25) is 5.02 Å². The van der Waals surface area contributed by atoms with Crippen LogP contribution < -0.4 is 0 Å². The number of rotatable bonds is 3. The number of carboxylic acids is 1. The number of piperidine rings is 1. The van der Waals surface area contributed by atoms with Gasteiger partial charge in [-0.1, -0.05) is 11.6 Å². The molecule has 1 N–H and O–H groups in total. The maximum Gasteiger partial charge on any atom is 0.322 e. The maximum atomic E-state index is 12.7. The molecular weight excluding hydrogens is 316 g/mol. The first-order chi connectivity index (χ1) is 9.87. The number of halogens is 1. The highest BCUT2D eigenvalue weighted by molar-refractivity contribution is 7.89. The Morgan fingerprint density at radius 1 is 1.43 bits per heavy atom. The van der Waals surface area contributed by atoms with E-state index in [1.807, 2.05) is 6.07 Å². The lowest BCUT2D eigenvalue weighted by Gasteiger charge is -2.32. The Bertz CT molecular complexity index is 711. The van der Waals surface area contributed by atoms with Crippen molar-refractivity contribution in [3.05, 3.63) is 28.8 Å². The Morgan fingerprint density at radius 2 is 2.14 bits per heavy atom. The summed E-state index contributed by atoms with van der Waals surface area (Å²) in [6.45, 7) is 0.131. The number of nitrogens with zero attached hydrogens (tertiary/aromatic N) is 2. The summed E-state index contributed by atoms with van der Waals surface area (Å²) in [5.74, 6) is -1.18. The van der Waals surface area contributed by atoms with Gasteiger partial charge in [-0.15, -0.1) is 0 Å². The number of carbonyl (C=O) groups is 1. The van der Waals surface area contributed by atoms with Gasteiger partial charge in [-0.25, -0.2) is 8.42 Å². The van der Waals surface area contributed by atoms with Gasteiger partial charge in [-0.05, 0) is 37.5 Å². The van der Waals surface area contributed by atoms with Gasteiger partial charge in [0.25, 0.3) is 0 Å². The first-order valence-electron chi connectivity index (χ1n) is 6.32. The van der Waals surface area contributed by atoms with Gasteiger partial charge in [0.05, 0.1) is 16.7 Å². The fraction of sp³-hybridized carbons (Fsp3) is 0.385. The van der Waals surface area contributed by atoms with Gasteiger partial charge >= 0.3 is 5.97 Å². The molecule has 1 saturated heterocycles. The Labute approximate surface area is 127 Å². The molecule has 1 unspecified atom stereocenters. The molecule has 1 fully saturated rings. The van der Waals surface area contributed by atoms with Crippen molar-refractivity contribution in [3.8, 4) is 6.07 Å². The zero-order chi connectivity index (χ0) is 15.6. The summed E-state index contributed by atoms with van der Waals surface area (Å²) in [6, 6.07) is 4.66. The topological polar surface area (TPSA) is 98.5 Å². The standard InChI is InChI=1S/C13H13ClN2O4S/c14-10-5-4-9(8-15)7-12(10)21(19,20)16-6-2-1-3-11(16)13(17)18/h4-5,7,11H,1-3,6H2,(H,17,18). The lowest BCUT2D eigenvalue weighted by molar-refractivity contribution is -0.142. The van der Waals surface area contributed by atoms with Crippen molar-refractivity contribution in [2.24, 2.45) is 0 Å². The molecule has 0 amide bonds. The van der Waals surface area contributed by atoms with E-state index in [0.717, 1.165) is 4.31 Å². The third kappa shape index (κ3) is 3.02. The van der Waals surface area contributed by atoms with Gasteiger partial charge in [0, 0.05) is 6.54 Å². The van der Waals surface area contributed by atoms with E-state index < -0.39 is 22.0 Å². The summed E-state index contributed by atoms with van der Waals surface area (Å²) in [5, 5.41) is 18.0. The molecule has 0 bridgehead atoms. The van der Waals surface area contributed by atoms with Crippen LogP contribution in [-0.4, -0.2) is 36.4 Å². The molecule has 0 saturated carbocycles. The van der Waals surface area contributed by atoms with Gasteiger partial charge in [0.2, 0.25) is 10.0 Å². The van der Waals surface area contributed by atoms with Crippen LogP contribution in [-0.2, 0) is 14.8 Å². The molecule has 1 aromatic rings. The minimum absolute atomic E-state index is 0.0243. The third-order valence-corrected chi connectivity index (χ3v) is 5.78. The maximum absolute atomic E-state index is 12.7. The lowest BCUT2D eigenvalue weighted by atomic mass is 10.1. The minimum atomic E-state index is -4.05. The highest BCUT2D eigenvalue weighted by Crippen LogP contribution is 2.30. The molecule has 8 heteroatoms. The van der Waals surface area contributed by atoms with Gasteiger partial charge in [-0.2, -0.15) is 9.57 Å².